The topological polar surface area (TPSA) is 64.0 Å². The zero-order valence-electron chi connectivity index (χ0n) is 13.5. The number of imidazole rings is 1. The average Bonchev–Trinajstić information content (AvgIpc) is 2.92. The van der Waals surface area contributed by atoms with Gasteiger partial charge in [-0.2, -0.15) is 0 Å². The Morgan fingerprint density at radius 1 is 1.35 bits per heavy atom. The molecule has 0 aliphatic carbocycles. The first kappa shape index (κ1) is 17.8. The van der Waals surface area contributed by atoms with E-state index in [1.165, 1.54) is 0 Å². The Morgan fingerprint density at radius 2 is 2.09 bits per heavy atom. The summed E-state index contributed by atoms with van der Waals surface area (Å²) in [7, 11) is -3.42. The molecule has 23 heavy (non-hydrogen) atoms. The van der Waals surface area contributed by atoms with Gasteiger partial charge < -0.3 is 4.57 Å². The summed E-state index contributed by atoms with van der Waals surface area (Å²) in [4.78, 5) is 4.32. The minimum atomic E-state index is -3.42. The van der Waals surface area contributed by atoms with E-state index in [0.29, 0.717) is 16.4 Å². The molecular weight excluding hydrogens is 334 g/mol. The van der Waals surface area contributed by atoms with E-state index < -0.39 is 15.3 Å². The summed E-state index contributed by atoms with van der Waals surface area (Å²) in [5.41, 5.74) is 1.81. The lowest BCUT2D eigenvalue weighted by Crippen LogP contribution is -2.22. The summed E-state index contributed by atoms with van der Waals surface area (Å²) in [6, 6.07) is 5.05. The highest BCUT2D eigenvalue weighted by atomic mass is 35.5. The molecule has 0 unspecified atom stereocenters. The molecule has 0 amide bonds. The van der Waals surface area contributed by atoms with Crippen molar-refractivity contribution in [2.75, 3.05) is 4.72 Å². The molecule has 1 radical (unpaired) electrons. The Labute approximate surface area is 142 Å². The van der Waals surface area contributed by atoms with E-state index in [1.807, 2.05) is 4.57 Å². The Kier molecular flexibility index (Phi) is 5.70. The first-order valence-corrected chi connectivity index (χ1v) is 9.51. The van der Waals surface area contributed by atoms with Gasteiger partial charge in [0.15, 0.2) is 0 Å². The molecule has 1 N–H and O–H groups in total. The van der Waals surface area contributed by atoms with Gasteiger partial charge in [-0.3, -0.25) is 4.72 Å². The Morgan fingerprint density at radius 3 is 2.74 bits per heavy atom. The SMILES string of the molecule is CCCCn1[c]c(-c2cc(Cl)cc(NS(=O)(=O)C(C)C)c2)nc1. The van der Waals surface area contributed by atoms with Crippen molar-refractivity contribution in [1.29, 1.82) is 0 Å². The number of nitrogens with zero attached hydrogens (tertiary/aromatic N) is 2. The highest BCUT2D eigenvalue weighted by Crippen LogP contribution is 2.27. The number of aryl methyl sites for hydroxylation is 1. The first-order chi connectivity index (χ1) is 10.8. The van der Waals surface area contributed by atoms with Crippen LogP contribution in [0.2, 0.25) is 5.02 Å². The molecule has 125 valence electrons. The van der Waals surface area contributed by atoms with Crippen LogP contribution in [0.15, 0.2) is 24.5 Å². The smallest absolute Gasteiger partial charge is 0.235 e. The number of aromatic nitrogens is 2. The van der Waals surface area contributed by atoms with Crippen molar-refractivity contribution in [2.24, 2.45) is 0 Å². The van der Waals surface area contributed by atoms with Crippen LogP contribution < -0.4 is 4.72 Å². The molecule has 7 heteroatoms. The summed E-state index contributed by atoms with van der Waals surface area (Å²) in [5.74, 6) is 0. The highest BCUT2D eigenvalue weighted by molar-refractivity contribution is 7.93. The summed E-state index contributed by atoms with van der Waals surface area (Å²) in [6.45, 7) is 6.23. The van der Waals surface area contributed by atoms with Crippen molar-refractivity contribution in [3.8, 4) is 11.3 Å². The van der Waals surface area contributed by atoms with E-state index >= 15 is 0 Å². The number of benzene rings is 1. The molecule has 1 heterocycles. The molecule has 2 aromatic rings. The van der Waals surface area contributed by atoms with Crippen LogP contribution in [0.25, 0.3) is 11.3 Å². The highest BCUT2D eigenvalue weighted by Gasteiger charge is 2.16. The number of anilines is 1. The van der Waals surface area contributed by atoms with Gasteiger partial charge in [-0.05, 0) is 38.5 Å². The third kappa shape index (κ3) is 4.72. The van der Waals surface area contributed by atoms with Gasteiger partial charge in [0, 0.05) is 17.1 Å². The molecule has 0 spiro atoms. The van der Waals surface area contributed by atoms with E-state index in [-0.39, 0.29) is 0 Å². The standard InChI is InChI=1S/C16H21ClN3O2S/c1-4-5-6-20-10-16(18-11-20)13-7-14(17)9-15(8-13)19-23(21,22)12(2)3/h7-9,11-12,19H,4-6H2,1-3H3. The Balaban J connectivity index is 2.28. The third-order valence-electron chi connectivity index (χ3n) is 3.38. The van der Waals surface area contributed by atoms with Gasteiger partial charge in [0.2, 0.25) is 10.0 Å². The minimum Gasteiger partial charge on any atom is -0.329 e. The van der Waals surface area contributed by atoms with E-state index in [9.17, 15) is 8.42 Å². The fraction of sp³-hybridized carbons (Fsp3) is 0.438. The third-order valence-corrected chi connectivity index (χ3v) is 5.36. The van der Waals surface area contributed by atoms with Crippen LogP contribution in [-0.2, 0) is 16.6 Å². The molecule has 0 aliphatic heterocycles. The lowest BCUT2D eigenvalue weighted by molar-refractivity contribution is 0.593. The van der Waals surface area contributed by atoms with Crippen LogP contribution in [0.4, 0.5) is 5.69 Å². The molecule has 0 fully saturated rings. The summed E-state index contributed by atoms with van der Waals surface area (Å²) in [6.07, 6.45) is 7.05. The zero-order valence-corrected chi connectivity index (χ0v) is 15.1. The zero-order chi connectivity index (χ0) is 17.0. The van der Waals surface area contributed by atoms with Crippen LogP contribution in [0, 0.1) is 6.20 Å². The van der Waals surface area contributed by atoms with Gasteiger partial charge in [0.1, 0.15) is 0 Å². The predicted molar refractivity (Wildman–Crippen MR) is 94.1 cm³/mol. The number of halogens is 1. The predicted octanol–water partition coefficient (Wildman–Crippen LogP) is 3.95. The minimum absolute atomic E-state index is 0.428. The molecule has 0 bridgehead atoms. The molecule has 0 atom stereocenters. The normalized spacial score (nSPS) is 11.9. The number of rotatable bonds is 7. The number of unbranched alkanes of at least 4 members (excludes halogenated alkanes) is 1. The Bertz CT molecular complexity index is 769. The largest absolute Gasteiger partial charge is 0.329 e. The molecule has 1 aromatic heterocycles. The summed E-state index contributed by atoms with van der Waals surface area (Å²) >= 11 is 6.12. The van der Waals surface area contributed by atoms with Crippen LogP contribution in [0.3, 0.4) is 0 Å². The lowest BCUT2D eigenvalue weighted by Gasteiger charge is -2.12. The van der Waals surface area contributed by atoms with Crippen molar-refractivity contribution < 1.29 is 8.42 Å². The van der Waals surface area contributed by atoms with Gasteiger partial charge in [-0.25, -0.2) is 13.4 Å². The van der Waals surface area contributed by atoms with Gasteiger partial charge in [-0.15, -0.1) is 0 Å². The van der Waals surface area contributed by atoms with E-state index in [0.717, 1.165) is 24.9 Å². The van der Waals surface area contributed by atoms with Crippen LogP contribution in [-0.4, -0.2) is 23.2 Å². The fourth-order valence-corrected chi connectivity index (χ4v) is 2.89. The van der Waals surface area contributed by atoms with Crippen molar-refractivity contribution >= 4 is 27.3 Å². The molecule has 1 aromatic carbocycles. The van der Waals surface area contributed by atoms with E-state index in [2.05, 4.69) is 22.8 Å². The van der Waals surface area contributed by atoms with Gasteiger partial charge >= 0.3 is 0 Å². The second-order valence-corrected chi connectivity index (χ2v) is 8.35. The van der Waals surface area contributed by atoms with Crippen LogP contribution in [0.5, 0.6) is 0 Å². The van der Waals surface area contributed by atoms with Crippen molar-refractivity contribution in [1.82, 2.24) is 9.55 Å². The fourth-order valence-electron chi connectivity index (χ4n) is 1.97. The Hall–Kier alpha value is -1.53. The maximum atomic E-state index is 12.0. The van der Waals surface area contributed by atoms with Crippen molar-refractivity contribution in [2.45, 2.75) is 45.4 Å². The van der Waals surface area contributed by atoms with Gasteiger partial charge in [-0.1, -0.05) is 24.9 Å². The van der Waals surface area contributed by atoms with E-state index in [1.54, 1.807) is 38.4 Å². The van der Waals surface area contributed by atoms with Gasteiger partial charge in [0.05, 0.1) is 29.2 Å². The van der Waals surface area contributed by atoms with Crippen molar-refractivity contribution in [3.63, 3.8) is 0 Å². The van der Waals surface area contributed by atoms with E-state index in [4.69, 9.17) is 11.6 Å². The summed E-state index contributed by atoms with van der Waals surface area (Å²) < 4.78 is 28.4. The molecule has 5 nitrogen and oxygen atoms in total. The van der Waals surface area contributed by atoms with Gasteiger partial charge in [0.25, 0.3) is 0 Å². The quantitative estimate of drug-likeness (QED) is 0.818. The van der Waals surface area contributed by atoms with Crippen LogP contribution >= 0.6 is 11.6 Å². The molecule has 0 aliphatic rings. The van der Waals surface area contributed by atoms with Crippen LogP contribution in [0.1, 0.15) is 33.6 Å². The second kappa shape index (κ2) is 7.36. The number of sulfonamides is 1. The lowest BCUT2D eigenvalue weighted by atomic mass is 10.1. The summed E-state index contributed by atoms with van der Waals surface area (Å²) in [5, 5.41) is -0.0785. The molecular formula is C16H21ClN3O2S. The number of hydrogen-bond acceptors (Lipinski definition) is 3. The second-order valence-electron chi connectivity index (χ2n) is 5.68. The number of nitrogens with one attached hydrogen (secondary N) is 1. The molecule has 2 rings (SSSR count). The molecule has 0 saturated heterocycles. The monoisotopic (exact) mass is 354 g/mol. The maximum Gasteiger partial charge on any atom is 0.235 e. The number of hydrogen-bond donors (Lipinski definition) is 1. The average molecular weight is 355 g/mol. The maximum absolute atomic E-state index is 12.0. The first-order valence-electron chi connectivity index (χ1n) is 7.59. The molecule has 0 saturated carbocycles. The van der Waals surface area contributed by atoms with Crippen molar-refractivity contribution in [3.05, 3.63) is 35.7 Å².